The molecule has 0 aliphatic carbocycles. The summed E-state index contributed by atoms with van der Waals surface area (Å²) < 4.78 is 53.4. The van der Waals surface area contributed by atoms with Crippen molar-refractivity contribution in [2.45, 2.75) is 18.8 Å². The molecule has 2 rings (SSSR count). The number of pyridine rings is 1. The van der Waals surface area contributed by atoms with E-state index < -0.39 is 18.2 Å². The highest BCUT2D eigenvalue weighted by atomic mass is 19.4. The van der Waals surface area contributed by atoms with E-state index in [0.29, 0.717) is 11.1 Å². The second-order valence-corrected chi connectivity index (χ2v) is 4.40. The number of hydrogen-bond acceptors (Lipinski definition) is 3. The molecule has 0 spiro atoms. The second kappa shape index (κ2) is 6.09. The molecule has 0 aliphatic rings. The minimum atomic E-state index is -4.72. The Balaban J connectivity index is 2.05. The third-order valence-corrected chi connectivity index (χ3v) is 2.82. The fraction of sp³-hybridized carbons (Fsp3) is 0.214. The zero-order valence-corrected chi connectivity index (χ0v) is 10.8. The third-order valence-electron chi connectivity index (χ3n) is 2.82. The van der Waals surface area contributed by atoms with E-state index in [-0.39, 0.29) is 12.2 Å². The maximum Gasteiger partial charge on any atom is 0.573 e. The molecule has 112 valence electrons. The van der Waals surface area contributed by atoms with Gasteiger partial charge in [-0.25, -0.2) is 4.39 Å². The van der Waals surface area contributed by atoms with Crippen molar-refractivity contribution < 1.29 is 22.3 Å². The summed E-state index contributed by atoms with van der Waals surface area (Å²) in [6.45, 7) is 0. The zero-order valence-electron chi connectivity index (χ0n) is 10.8. The van der Waals surface area contributed by atoms with E-state index in [0.717, 1.165) is 6.20 Å². The predicted octanol–water partition coefficient (Wildman–Crippen LogP) is 3.36. The van der Waals surface area contributed by atoms with Gasteiger partial charge in [-0.1, -0.05) is 12.1 Å². The second-order valence-electron chi connectivity index (χ2n) is 4.40. The zero-order chi connectivity index (χ0) is 15.5. The van der Waals surface area contributed by atoms with Gasteiger partial charge in [0.2, 0.25) is 0 Å². The Morgan fingerprint density at radius 1 is 1.14 bits per heavy atom. The van der Waals surface area contributed by atoms with Crippen molar-refractivity contribution in [3.8, 4) is 5.75 Å². The topological polar surface area (TPSA) is 48.1 Å². The van der Waals surface area contributed by atoms with Crippen LogP contribution in [0.1, 0.15) is 17.2 Å². The quantitative estimate of drug-likeness (QED) is 0.881. The van der Waals surface area contributed by atoms with Crippen LogP contribution in [0.5, 0.6) is 5.75 Å². The fourth-order valence-electron chi connectivity index (χ4n) is 1.88. The number of nitrogens with two attached hydrogens (primary N) is 1. The maximum absolute atomic E-state index is 13.5. The molecule has 3 nitrogen and oxygen atoms in total. The van der Waals surface area contributed by atoms with Gasteiger partial charge in [0.1, 0.15) is 11.6 Å². The summed E-state index contributed by atoms with van der Waals surface area (Å²) in [6.07, 6.45) is -1.95. The molecular formula is C14H12F4N2O. The standard InChI is InChI=1S/C14H12F4N2O/c15-12-8-20-6-5-11(12)13(19)7-9-1-3-10(4-2-9)21-14(16,17)18/h1-6,8,13H,7,19H2. The van der Waals surface area contributed by atoms with Crippen LogP contribution in [0.25, 0.3) is 0 Å². The predicted molar refractivity (Wildman–Crippen MR) is 68.0 cm³/mol. The average molecular weight is 300 g/mol. The molecule has 1 unspecified atom stereocenters. The molecule has 0 amide bonds. The van der Waals surface area contributed by atoms with Crippen molar-refractivity contribution in [2.75, 3.05) is 0 Å². The molecule has 1 aromatic carbocycles. The molecule has 0 bridgehead atoms. The van der Waals surface area contributed by atoms with Crippen LogP contribution < -0.4 is 10.5 Å². The summed E-state index contributed by atoms with van der Waals surface area (Å²) in [5.41, 5.74) is 6.87. The van der Waals surface area contributed by atoms with Gasteiger partial charge in [-0.3, -0.25) is 4.98 Å². The molecule has 7 heteroatoms. The normalized spacial score (nSPS) is 13.0. The van der Waals surface area contributed by atoms with E-state index in [2.05, 4.69) is 9.72 Å². The summed E-state index contributed by atoms with van der Waals surface area (Å²) in [5, 5.41) is 0. The fourth-order valence-corrected chi connectivity index (χ4v) is 1.88. The van der Waals surface area contributed by atoms with Crippen LogP contribution in [0.4, 0.5) is 17.6 Å². The van der Waals surface area contributed by atoms with Crippen LogP contribution in [-0.4, -0.2) is 11.3 Å². The Bertz CT molecular complexity index is 599. The minimum absolute atomic E-state index is 0.285. The number of rotatable bonds is 4. The number of halogens is 4. The largest absolute Gasteiger partial charge is 0.573 e. The molecule has 1 heterocycles. The van der Waals surface area contributed by atoms with Crippen LogP contribution in [0.2, 0.25) is 0 Å². The molecule has 0 radical (unpaired) electrons. The summed E-state index contributed by atoms with van der Waals surface area (Å²) in [5.74, 6) is -0.822. The summed E-state index contributed by atoms with van der Waals surface area (Å²) >= 11 is 0. The first kappa shape index (κ1) is 15.2. The molecule has 2 aromatic rings. The average Bonchev–Trinajstić information content (AvgIpc) is 2.40. The molecule has 21 heavy (non-hydrogen) atoms. The molecule has 0 aliphatic heterocycles. The van der Waals surface area contributed by atoms with E-state index in [1.807, 2.05) is 0 Å². The van der Waals surface area contributed by atoms with Crippen LogP contribution in [-0.2, 0) is 6.42 Å². The number of hydrogen-bond donors (Lipinski definition) is 1. The van der Waals surface area contributed by atoms with Crippen molar-refractivity contribution in [2.24, 2.45) is 5.73 Å². The summed E-state index contributed by atoms with van der Waals surface area (Å²) in [7, 11) is 0. The number of ether oxygens (including phenoxy) is 1. The van der Waals surface area contributed by atoms with Crippen molar-refractivity contribution in [1.82, 2.24) is 4.98 Å². The lowest BCUT2D eigenvalue weighted by molar-refractivity contribution is -0.274. The van der Waals surface area contributed by atoms with Gasteiger partial charge in [0, 0.05) is 17.8 Å². The van der Waals surface area contributed by atoms with Gasteiger partial charge in [-0.05, 0) is 30.2 Å². The van der Waals surface area contributed by atoms with Crippen LogP contribution >= 0.6 is 0 Å². The number of benzene rings is 1. The van der Waals surface area contributed by atoms with E-state index in [1.54, 1.807) is 0 Å². The van der Waals surface area contributed by atoms with Gasteiger partial charge in [-0.15, -0.1) is 13.2 Å². The van der Waals surface area contributed by atoms with Gasteiger partial charge in [0.05, 0.1) is 6.20 Å². The van der Waals surface area contributed by atoms with Gasteiger partial charge in [-0.2, -0.15) is 0 Å². The molecule has 0 fully saturated rings. The smallest absolute Gasteiger partial charge is 0.406 e. The van der Waals surface area contributed by atoms with Crippen molar-refractivity contribution in [3.63, 3.8) is 0 Å². The minimum Gasteiger partial charge on any atom is -0.406 e. The SMILES string of the molecule is NC(Cc1ccc(OC(F)(F)F)cc1)c1ccncc1F. The lowest BCUT2D eigenvalue weighted by atomic mass is 10.0. The van der Waals surface area contributed by atoms with E-state index >= 15 is 0 Å². The van der Waals surface area contributed by atoms with E-state index in [4.69, 9.17) is 5.73 Å². The Morgan fingerprint density at radius 3 is 2.38 bits per heavy atom. The lowest BCUT2D eigenvalue weighted by Gasteiger charge is -2.13. The lowest BCUT2D eigenvalue weighted by Crippen LogP contribution is -2.17. The van der Waals surface area contributed by atoms with Gasteiger partial charge < -0.3 is 10.5 Å². The molecule has 0 saturated heterocycles. The number of aromatic nitrogens is 1. The molecule has 1 atom stereocenters. The molecule has 2 N–H and O–H groups in total. The number of alkyl halides is 3. The highest BCUT2D eigenvalue weighted by Crippen LogP contribution is 2.24. The Labute approximate surface area is 118 Å². The molecule has 0 saturated carbocycles. The van der Waals surface area contributed by atoms with E-state index in [1.165, 1.54) is 36.5 Å². The molecule has 1 aromatic heterocycles. The van der Waals surface area contributed by atoms with Gasteiger partial charge in [0.25, 0.3) is 0 Å². The van der Waals surface area contributed by atoms with Crippen molar-refractivity contribution in [1.29, 1.82) is 0 Å². The highest BCUT2D eigenvalue weighted by Gasteiger charge is 2.30. The molecular weight excluding hydrogens is 288 g/mol. The van der Waals surface area contributed by atoms with Gasteiger partial charge in [0.15, 0.2) is 0 Å². The van der Waals surface area contributed by atoms with Crippen LogP contribution in [0.15, 0.2) is 42.7 Å². The van der Waals surface area contributed by atoms with Crippen molar-refractivity contribution in [3.05, 3.63) is 59.7 Å². The first-order chi connectivity index (χ1) is 9.85. The van der Waals surface area contributed by atoms with Crippen LogP contribution in [0, 0.1) is 5.82 Å². The number of nitrogens with zero attached hydrogens (tertiary/aromatic N) is 1. The van der Waals surface area contributed by atoms with Gasteiger partial charge >= 0.3 is 6.36 Å². The maximum atomic E-state index is 13.5. The summed E-state index contributed by atoms with van der Waals surface area (Å²) in [6, 6.07) is 6.17. The Hall–Kier alpha value is -2.15. The van der Waals surface area contributed by atoms with Crippen LogP contribution in [0.3, 0.4) is 0 Å². The van der Waals surface area contributed by atoms with Crippen molar-refractivity contribution >= 4 is 0 Å². The highest BCUT2D eigenvalue weighted by molar-refractivity contribution is 5.29. The Kier molecular flexibility index (Phi) is 4.42. The summed E-state index contributed by atoms with van der Waals surface area (Å²) in [4.78, 5) is 3.63. The first-order valence-corrected chi connectivity index (χ1v) is 6.05. The Morgan fingerprint density at radius 2 is 1.81 bits per heavy atom. The first-order valence-electron chi connectivity index (χ1n) is 6.05. The monoisotopic (exact) mass is 300 g/mol. The van der Waals surface area contributed by atoms with E-state index in [9.17, 15) is 17.6 Å². The third kappa shape index (κ3) is 4.42.